The molecule has 1 aromatic heterocycles. The Morgan fingerprint density at radius 3 is 2.59 bits per heavy atom. The highest BCUT2D eigenvalue weighted by atomic mass is 35.5. The molecule has 0 atom stereocenters. The summed E-state index contributed by atoms with van der Waals surface area (Å²) in [5.74, 6) is 1.45. The molecule has 0 aliphatic heterocycles. The molecule has 0 spiro atoms. The molecule has 4 rings (SSSR count). The lowest BCUT2D eigenvalue weighted by molar-refractivity contribution is -0.118. The van der Waals surface area contributed by atoms with Crippen molar-refractivity contribution in [3.05, 3.63) is 77.3 Å². The summed E-state index contributed by atoms with van der Waals surface area (Å²) in [6, 6.07) is 19.6. The van der Waals surface area contributed by atoms with Crippen molar-refractivity contribution in [2.24, 2.45) is 5.10 Å². The van der Waals surface area contributed by atoms with Crippen LogP contribution in [-0.4, -0.2) is 51.5 Å². The molecule has 9 nitrogen and oxygen atoms in total. The van der Waals surface area contributed by atoms with Gasteiger partial charge in [0.25, 0.3) is 5.91 Å². The van der Waals surface area contributed by atoms with Gasteiger partial charge < -0.3 is 14.6 Å². The van der Waals surface area contributed by atoms with E-state index >= 15 is 0 Å². The number of halogens is 1. The molecule has 0 unspecified atom stereocenters. The zero-order chi connectivity index (χ0) is 26.2. The van der Waals surface area contributed by atoms with Crippen LogP contribution in [0.1, 0.15) is 12.5 Å². The molecule has 0 fully saturated rings. The van der Waals surface area contributed by atoms with Crippen LogP contribution in [0.5, 0.6) is 17.2 Å². The van der Waals surface area contributed by atoms with Crippen LogP contribution in [0.15, 0.2) is 77.0 Å². The first-order valence-corrected chi connectivity index (χ1v) is 12.6. The fourth-order valence-corrected chi connectivity index (χ4v) is 4.23. The van der Waals surface area contributed by atoms with Crippen LogP contribution < -0.4 is 14.9 Å². The van der Waals surface area contributed by atoms with Gasteiger partial charge in [0.2, 0.25) is 0 Å². The number of nitrogens with zero attached hydrogens (tertiary/aromatic N) is 4. The molecule has 37 heavy (non-hydrogen) atoms. The number of carbonyl (C=O) groups is 1. The molecule has 0 aliphatic carbocycles. The number of phenols is 1. The number of nitrogens with one attached hydrogen (secondary N) is 1. The molecule has 0 bridgehead atoms. The van der Waals surface area contributed by atoms with E-state index in [-0.39, 0.29) is 17.4 Å². The molecule has 11 heteroatoms. The van der Waals surface area contributed by atoms with Gasteiger partial charge in [-0.2, -0.15) is 5.10 Å². The van der Waals surface area contributed by atoms with Crippen molar-refractivity contribution in [1.82, 2.24) is 20.2 Å². The number of benzene rings is 3. The van der Waals surface area contributed by atoms with Gasteiger partial charge in [0.1, 0.15) is 5.75 Å². The first-order valence-electron chi connectivity index (χ1n) is 11.2. The Kier molecular flexibility index (Phi) is 8.65. The molecule has 190 valence electrons. The maximum absolute atomic E-state index is 12.5. The lowest BCUT2D eigenvalue weighted by Gasteiger charge is -2.11. The summed E-state index contributed by atoms with van der Waals surface area (Å²) in [5, 5.41) is 23.5. The van der Waals surface area contributed by atoms with Gasteiger partial charge in [0.05, 0.1) is 25.7 Å². The van der Waals surface area contributed by atoms with Crippen LogP contribution in [0.2, 0.25) is 5.02 Å². The molecular weight excluding hydrogens is 514 g/mol. The fourth-order valence-electron chi connectivity index (χ4n) is 3.36. The molecule has 3 aromatic carbocycles. The third-order valence-corrected chi connectivity index (χ3v) is 6.26. The second-order valence-electron chi connectivity index (χ2n) is 7.59. The average Bonchev–Trinajstić information content (AvgIpc) is 3.33. The Balaban J connectivity index is 1.50. The number of ether oxygens (including phenoxy) is 2. The topological polar surface area (TPSA) is 111 Å². The second kappa shape index (κ2) is 12.3. The SMILES string of the molecule is CCOc1ccc(-n2c(SCC(=O)N/N=C\c3ccc(O)c(OC)c3)nnc2-c2ccc(Cl)cc2)cc1. The number of hydrazone groups is 1. The van der Waals surface area contributed by atoms with Gasteiger partial charge in [0, 0.05) is 16.3 Å². The summed E-state index contributed by atoms with van der Waals surface area (Å²) in [7, 11) is 1.46. The van der Waals surface area contributed by atoms with Crippen LogP contribution in [0.3, 0.4) is 0 Å². The monoisotopic (exact) mass is 537 g/mol. The van der Waals surface area contributed by atoms with E-state index in [1.807, 2.05) is 47.9 Å². The van der Waals surface area contributed by atoms with E-state index in [1.165, 1.54) is 31.2 Å². The van der Waals surface area contributed by atoms with Gasteiger partial charge in [-0.3, -0.25) is 9.36 Å². The van der Waals surface area contributed by atoms with Crippen LogP contribution in [0.4, 0.5) is 0 Å². The van der Waals surface area contributed by atoms with Crippen molar-refractivity contribution in [2.75, 3.05) is 19.5 Å². The van der Waals surface area contributed by atoms with Gasteiger partial charge in [-0.05, 0) is 79.2 Å². The van der Waals surface area contributed by atoms with E-state index in [2.05, 4.69) is 20.7 Å². The van der Waals surface area contributed by atoms with Crippen molar-refractivity contribution < 1.29 is 19.4 Å². The summed E-state index contributed by atoms with van der Waals surface area (Å²) < 4.78 is 12.5. The summed E-state index contributed by atoms with van der Waals surface area (Å²) in [4.78, 5) is 12.5. The number of rotatable bonds is 10. The van der Waals surface area contributed by atoms with Crippen molar-refractivity contribution in [3.63, 3.8) is 0 Å². The second-order valence-corrected chi connectivity index (χ2v) is 8.97. The number of methoxy groups -OCH3 is 1. The zero-order valence-electron chi connectivity index (χ0n) is 20.1. The predicted octanol–water partition coefficient (Wildman–Crippen LogP) is 4.94. The average molecular weight is 538 g/mol. The Bertz CT molecular complexity index is 1390. The minimum atomic E-state index is -0.318. The van der Waals surface area contributed by atoms with E-state index in [1.54, 1.807) is 24.3 Å². The summed E-state index contributed by atoms with van der Waals surface area (Å²) in [6.07, 6.45) is 1.46. The molecule has 2 N–H and O–H groups in total. The highest BCUT2D eigenvalue weighted by Gasteiger charge is 2.17. The fraction of sp³-hybridized carbons (Fsp3) is 0.154. The number of aromatic hydroxyl groups is 1. The highest BCUT2D eigenvalue weighted by Crippen LogP contribution is 2.30. The summed E-state index contributed by atoms with van der Waals surface area (Å²) in [6.45, 7) is 2.50. The minimum Gasteiger partial charge on any atom is -0.504 e. The van der Waals surface area contributed by atoms with Gasteiger partial charge in [-0.1, -0.05) is 23.4 Å². The number of hydrogen-bond donors (Lipinski definition) is 2. The highest BCUT2D eigenvalue weighted by molar-refractivity contribution is 7.99. The molecule has 0 radical (unpaired) electrons. The summed E-state index contributed by atoms with van der Waals surface area (Å²) in [5.41, 5.74) is 4.80. The lowest BCUT2D eigenvalue weighted by atomic mass is 10.2. The molecule has 0 saturated carbocycles. The van der Waals surface area contributed by atoms with Crippen molar-refractivity contribution in [3.8, 4) is 34.3 Å². The maximum Gasteiger partial charge on any atom is 0.250 e. The first kappa shape index (κ1) is 26.1. The van der Waals surface area contributed by atoms with Crippen molar-refractivity contribution >= 4 is 35.5 Å². The zero-order valence-corrected chi connectivity index (χ0v) is 21.7. The third-order valence-electron chi connectivity index (χ3n) is 5.08. The molecule has 0 aliphatic rings. The first-order chi connectivity index (χ1) is 18.0. The van der Waals surface area contributed by atoms with E-state index in [0.717, 1.165) is 17.0 Å². The van der Waals surface area contributed by atoms with E-state index in [9.17, 15) is 9.90 Å². The van der Waals surface area contributed by atoms with Crippen LogP contribution >= 0.6 is 23.4 Å². The largest absolute Gasteiger partial charge is 0.504 e. The maximum atomic E-state index is 12.5. The van der Waals surface area contributed by atoms with Gasteiger partial charge in [-0.15, -0.1) is 10.2 Å². The Morgan fingerprint density at radius 1 is 1.14 bits per heavy atom. The van der Waals surface area contributed by atoms with Crippen molar-refractivity contribution in [1.29, 1.82) is 0 Å². The Labute approximate surface area is 223 Å². The van der Waals surface area contributed by atoms with Gasteiger partial charge in [-0.25, -0.2) is 5.43 Å². The quantitative estimate of drug-likeness (QED) is 0.167. The third kappa shape index (κ3) is 6.60. The molecular formula is C26H24ClN5O4S. The number of aromatic nitrogens is 3. The van der Waals surface area contributed by atoms with Gasteiger partial charge >= 0.3 is 0 Å². The normalized spacial score (nSPS) is 11.0. The summed E-state index contributed by atoms with van der Waals surface area (Å²) >= 11 is 7.29. The van der Waals surface area contributed by atoms with E-state index < -0.39 is 0 Å². The number of thioether (sulfide) groups is 1. The lowest BCUT2D eigenvalue weighted by Crippen LogP contribution is -2.20. The van der Waals surface area contributed by atoms with Gasteiger partial charge in [0.15, 0.2) is 22.5 Å². The van der Waals surface area contributed by atoms with Crippen LogP contribution in [0.25, 0.3) is 17.1 Å². The minimum absolute atomic E-state index is 0.0229. The smallest absolute Gasteiger partial charge is 0.250 e. The number of phenolic OH excluding ortho intramolecular Hbond substituents is 1. The number of hydrogen-bond acceptors (Lipinski definition) is 8. The van der Waals surface area contributed by atoms with Crippen molar-refractivity contribution in [2.45, 2.75) is 12.1 Å². The van der Waals surface area contributed by atoms with E-state index in [0.29, 0.717) is 33.9 Å². The number of carbonyl (C=O) groups excluding carboxylic acids is 1. The molecule has 0 saturated heterocycles. The number of amides is 1. The van der Waals surface area contributed by atoms with E-state index in [4.69, 9.17) is 21.1 Å². The molecule has 4 aromatic rings. The Hall–Kier alpha value is -4.02. The van der Waals surface area contributed by atoms with Crippen LogP contribution in [-0.2, 0) is 4.79 Å². The standard InChI is InChI=1S/C26H24ClN5O4S/c1-3-36-21-11-9-20(10-12-21)32-25(18-5-7-19(27)8-6-18)30-31-26(32)37-16-24(34)29-28-15-17-4-13-22(33)23(14-17)35-2/h4-15,33H,3,16H2,1-2H3,(H,29,34)/b28-15-. The molecule has 1 heterocycles. The molecule has 1 amide bonds. The predicted molar refractivity (Wildman–Crippen MR) is 144 cm³/mol. The van der Waals surface area contributed by atoms with Crippen LogP contribution in [0, 0.1) is 0 Å². The Morgan fingerprint density at radius 2 is 1.89 bits per heavy atom.